The van der Waals surface area contributed by atoms with E-state index in [4.69, 9.17) is 0 Å². The molecule has 13 heavy (non-hydrogen) atoms. The quantitative estimate of drug-likeness (QED) is 0.646. The topological polar surface area (TPSA) is 34.1 Å². The zero-order valence-electron chi connectivity index (χ0n) is 8.11. The van der Waals surface area contributed by atoms with Crippen LogP contribution in [-0.2, 0) is 9.84 Å². The number of sulfone groups is 1. The Balaban J connectivity index is 3.21. The molecule has 1 aliphatic carbocycles. The summed E-state index contributed by atoms with van der Waals surface area (Å²) in [6.45, 7) is 3.95. The van der Waals surface area contributed by atoms with Crippen molar-refractivity contribution in [2.75, 3.05) is 6.26 Å². The van der Waals surface area contributed by atoms with E-state index in [9.17, 15) is 8.42 Å². The van der Waals surface area contributed by atoms with E-state index >= 15 is 0 Å². The van der Waals surface area contributed by atoms with Crippen LogP contribution in [0.1, 0.15) is 13.8 Å². The molecule has 0 saturated carbocycles. The molecule has 2 nitrogen and oxygen atoms in total. The number of rotatable bonds is 1. The van der Waals surface area contributed by atoms with Crippen molar-refractivity contribution < 1.29 is 8.42 Å². The molecular formula is C10H14O2S. The minimum absolute atomic E-state index is 0.193. The van der Waals surface area contributed by atoms with Gasteiger partial charge in [0.15, 0.2) is 9.84 Å². The lowest BCUT2D eigenvalue weighted by molar-refractivity contribution is 0.602. The van der Waals surface area contributed by atoms with Crippen molar-refractivity contribution in [3.05, 3.63) is 35.3 Å². The summed E-state index contributed by atoms with van der Waals surface area (Å²) in [5.74, 6) is 0. The Morgan fingerprint density at radius 3 is 2.38 bits per heavy atom. The molecule has 1 rings (SSSR count). The molecule has 0 N–H and O–H groups in total. The molecule has 0 aromatic heterocycles. The third kappa shape index (κ3) is 2.84. The van der Waals surface area contributed by atoms with Gasteiger partial charge in [0.1, 0.15) is 0 Å². The van der Waals surface area contributed by atoms with Crippen LogP contribution in [0.25, 0.3) is 0 Å². The van der Waals surface area contributed by atoms with Crippen LogP contribution in [0, 0.1) is 5.41 Å². The molecule has 0 heterocycles. The highest BCUT2D eigenvalue weighted by Crippen LogP contribution is 2.25. The Bertz CT molecular complexity index is 381. The zero-order chi connectivity index (χ0) is 10.1. The molecule has 0 aromatic carbocycles. The van der Waals surface area contributed by atoms with Gasteiger partial charge in [0.25, 0.3) is 0 Å². The first-order valence-electron chi connectivity index (χ1n) is 4.10. The van der Waals surface area contributed by atoms with Crippen LogP contribution in [0.15, 0.2) is 35.3 Å². The second-order valence-corrected chi connectivity index (χ2v) is 5.87. The number of hydrogen-bond acceptors (Lipinski definition) is 2. The van der Waals surface area contributed by atoms with Gasteiger partial charge in [0, 0.05) is 11.7 Å². The first-order chi connectivity index (χ1) is 5.81. The molecular weight excluding hydrogens is 184 g/mol. The fourth-order valence-electron chi connectivity index (χ4n) is 1.15. The van der Waals surface area contributed by atoms with E-state index in [2.05, 4.69) is 0 Å². The highest BCUT2D eigenvalue weighted by Gasteiger charge is 2.17. The molecule has 0 unspecified atom stereocenters. The van der Waals surface area contributed by atoms with Gasteiger partial charge in [-0.1, -0.05) is 38.2 Å². The van der Waals surface area contributed by atoms with Crippen LogP contribution in [0.3, 0.4) is 0 Å². The van der Waals surface area contributed by atoms with Crippen molar-refractivity contribution >= 4 is 9.84 Å². The van der Waals surface area contributed by atoms with E-state index in [0.29, 0.717) is 4.91 Å². The molecule has 0 fully saturated rings. The summed E-state index contributed by atoms with van der Waals surface area (Å²) in [4.78, 5) is 0.391. The zero-order valence-corrected chi connectivity index (χ0v) is 8.93. The Kier molecular flexibility index (Phi) is 2.48. The summed E-state index contributed by atoms with van der Waals surface area (Å²) < 4.78 is 22.6. The van der Waals surface area contributed by atoms with Crippen LogP contribution in [-0.4, -0.2) is 14.7 Å². The fourth-order valence-corrected chi connectivity index (χ4v) is 1.99. The lowest BCUT2D eigenvalue weighted by atomic mass is 9.93. The molecule has 0 radical (unpaired) electrons. The van der Waals surface area contributed by atoms with Gasteiger partial charge in [-0.25, -0.2) is 8.42 Å². The van der Waals surface area contributed by atoms with Crippen molar-refractivity contribution in [3.8, 4) is 0 Å². The summed E-state index contributed by atoms with van der Waals surface area (Å²) in [5, 5.41) is 0. The fraction of sp³-hybridized carbons (Fsp3) is 0.400. The monoisotopic (exact) mass is 198 g/mol. The Hall–Kier alpha value is -0.830. The molecule has 72 valence electrons. The maximum absolute atomic E-state index is 11.3. The first-order valence-corrected chi connectivity index (χ1v) is 5.99. The first kappa shape index (κ1) is 10.3. The Labute approximate surface area is 79.6 Å². The van der Waals surface area contributed by atoms with Crippen molar-refractivity contribution in [1.29, 1.82) is 0 Å². The van der Waals surface area contributed by atoms with Crippen molar-refractivity contribution in [2.45, 2.75) is 13.8 Å². The predicted octanol–water partition coefficient (Wildman–Crippen LogP) is 2.07. The van der Waals surface area contributed by atoms with Crippen LogP contribution in [0.4, 0.5) is 0 Å². The third-order valence-electron chi connectivity index (χ3n) is 1.84. The molecule has 3 heteroatoms. The van der Waals surface area contributed by atoms with Gasteiger partial charge in [-0.2, -0.15) is 0 Å². The highest BCUT2D eigenvalue weighted by molar-refractivity contribution is 7.94. The molecule has 0 aromatic rings. The van der Waals surface area contributed by atoms with Crippen LogP contribution >= 0.6 is 0 Å². The van der Waals surface area contributed by atoms with Gasteiger partial charge in [-0.15, -0.1) is 0 Å². The number of allylic oxidation sites excluding steroid dienone is 5. The summed E-state index contributed by atoms with van der Waals surface area (Å²) in [6, 6.07) is 0. The smallest absolute Gasteiger partial charge is 0.175 e. The normalized spacial score (nSPS) is 21.0. The van der Waals surface area contributed by atoms with E-state index in [1.807, 2.05) is 26.0 Å². The molecule has 0 aliphatic heterocycles. The summed E-state index contributed by atoms with van der Waals surface area (Å²) in [5.41, 5.74) is -0.193. The maximum Gasteiger partial charge on any atom is 0.175 e. The summed E-state index contributed by atoms with van der Waals surface area (Å²) >= 11 is 0. The van der Waals surface area contributed by atoms with Gasteiger partial charge in [0.05, 0.1) is 4.91 Å². The van der Waals surface area contributed by atoms with Gasteiger partial charge >= 0.3 is 0 Å². The molecule has 0 spiro atoms. The average molecular weight is 198 g/mol. The van der Waals surface area contributed by atoms with E-state index in [1.165, 1.54) is 6.26 Å². The minimum atomic E-state index is -3.09. The van der Waals surface area contributed by atoms with Crippen LogP contribution < -0.4 is 0 Å². The van der Waals surface area contributed by atoms with E-state index in [0.717, 1.165) is 0 Å². The average Bonchev–Trinajstić information content (AvgIpc) is 2.08. The lowest BCUT2D eigenvalue weighted by Crippen LogP contribution is -2.06. The molecule has 0 saturated heterocycles. The maximum atomic E-state index is 11.3. The Morgan fingerprint density at radius 1 is 1.23 bits per heavy atom. The molecule has 0 bridgehead atoms. The second kappa shape index (κ2) is 3.14. The van der Waals surface area contributed by atoms with Gasteiger partial charge in [-0.05, 0) is 6.08 Å². The summed E-state index contributed by atoms with van der Waals surface area (Å²) in [7, 11) is -3.09. The van der Waals surface area contributed by atoms with E-state index in [1.54, 1.807) is 18.2 Å². The van der Waals surface area contributed by atoms with Crippen molar-refractivity contribution in [2.24, 2.45) is 5.41 Å². The number of hydrogen-bond donors (Lipinski definition) is 0. The van der Waals surface area contributed by atoms with Gasteiger partial charge in [0.2, 0.25) is 0 Å². The standard InChI is InChI=1S/C10H14O2S/c1-10(2)7-5-4-6-9(8-10)13(3,11)12/h4-8H,1-3H3. The van der Waals surface area contributed by atoms with Gasteiger partial charge < -0.3 is 0 Å². The molecule has 0 atom stereocenters. The summed E-state index contributed by atoms with van der Waals surface area (Å²) in [6.07, 6.45) is 10.2. The van der Waals surface area contributed by atoms with Gasteiger partial charge in [-0.3, -0.25) is 0 Å². The second-order valence-electron chi connectivity index (χ2n) is 3.86. The van der Waals surface area contributed by atoms with E-state index in [-0.39, 0.29) is 5.41 Å². The minimum Gasteiger partial charge on any atom is -0.224 e. The van der Waals surface area contributed by atoms with Crippen LogP contribution in [0.2, 0.25) is 0 Å². The SMILES string of the molecule is CC1(C)C=CC=CC(S(C)(=O)=O)=C1. The highest BCUT2D eigenvalue weighted by atomic mass is 32.2. The Morgan fingerprint density at radius 2 is 1.85 bits per heavy atom. The third-order valence-corrected chi connectivity index (χ3v) is 2.95. The van der Waals surface area contributed by atoms with E-state index < -0.39 is 9.84 Å². The molecule has 0 amide bonds. The predicted molar refractivity (Wildman–Crippen MR) is 55.0 cm³/mol. The molecule has 1 aliphatic rings. The van der Waals surface area contributed by atoms with Crippen molar-refractivity contribution in [3.63, 3.8) is 0 Å². The van der Waals surface area contributed by atoms with Crippen molar-refractivity contribution in [1.82, 2.24) is 0 Å². The lowest BCUT2D eigenvalue weighted by Gasteiger charge is -2.14. The van der Waals surface area contributed by atoms with Crippen LogP contribution in [0.5, 0.6) is 0 Å². The largest absolute Gasteiger partial charge is 0.224 e.